The summed E-state index contributed by atoms with van der Waals surface area (Å²) in [6.07, 6.45) is 5.92. The first-order chi connectivity index (χ1) is 7.33. The standard InChI is InChI=1S/C10H9BrN4/c11-8-3-4-9(12-5-8)15-6-13-10(14-15)7-1-2-7/h3-7H,1-2H2. The van der Waals surface area contributed by atoms with E-state index in [4.69, 9.17) is 0 Å². The van der Waals surface area contributed by atoms with Gasteiger partial charge in [0.2, 0.25) is 0 Å². The molecular formula is C10H9BrN4. The fourth-order valence-corrected chi connectivity index (χ4v) is 1.65. The summed E-state index contributed by atoms with van der Waals surface area (Å²) in [5.74, 6) is 2.33. The molecule has 5 heteroatoms. The SMILES string of the molecule is Brc1ccc(-n2cnc(C3CC3)n2)nc1. The van der Waals surface area contributed by atoms with Crippen LogP contribution in [-0.4, -0.2) is 19.7 Å². The molecule has 1 saturated carbocycles. The lowest BCUT2D eigenvalue weighted by Gasteiger charge is -1.97. The van der Waals surface area contributed by atoms with Crippen LogP contribution in [0.5, 0.6) is 0 Å². The number of aromatic nitrogens is 4. The van der Waals surface area contributed by atoms with E-state index in [2.05, 4.69) is 31.0 Å². The van der Waals surface area contributed by atoms with Gasteiger partial charge in [-0.3, -0.25) is 0 Å². The largest absolute Gasteiger partial charge is 0.236 e. The highest BCUT2D eigenvalue weighted by molar-refractivity contribution is 9.10. The number of nitrogens with zero attached hydrogens (tertiary/aromatic N) is 4. The predicted molar refractivity (Wildman–Crippen MR) is 58.8 cm³/mol. The van der Waals surface area contributed by atoms with E-state index in [1.165, 1.54) is 12.8 Å². The second kappa shape index (κ2) is 3.41. The van der Waals surface area contributed by atoms with Crippen molar-refractivity contribution in [2.45, 2.75) is 18.8 Å². The summed E-state index contributed by atoms with van der Waals surface area (Å²) in [5, 5.41) is 4.40. The van der Waals surface area contributed by atoms with Gasteiger partial charge in [-0.25, -0.2) is 14.6 Å². The molecule has 4 nitrogen and oxygen atoms in total. The van der Waals surface area contributed by atoms with Crippen LogP contribution in [0, 0.1) is 0 Å². The Hall–Kier alpha value is -1.23. The zero-order chi connectivity index (χ0) is 10.3. The van der Waals surface area contributed by atoms with Crippen molar-refractivity contribution in [3.8, 4) is 5.82 Å². The Morgan fingerprint density at radius 3 is 2.80 bits per heavy atom. The zero-order valence-electron chi connectivity index (χ0n) is 7.97. The van der Waals surface area contributed by atoms with Gasteiger partial charge in [-0.1, -0.05) is 0 Å². The van der Waals surface area contributed by atoms with E-state index in [1.807, 2.05) is 12.1 Å². The molecule has 0 amide bonds. The molecule has 0 aromatic carbocycles. The summed E-state index contributed by atoms with van der Waals surface area (Å²) >= 11 is 3.35. The van der Waals surface area contributed by atoms with E-state index in [-0.39, 0.29) is 0 Å². The number of hydrogen-bond donors (Lipinski definition) is 0. The average Bonchev–Trinajstić information content (AvgIpc) is 2.99. The van der Waals surface area contributed by atoms with Gasteiger partial charge in [0.05, 0.1) is 0 Å². The van der Waals surface area contributed by atoms with Crippen LogP contribution in [0.1, 0.15) is 24.6 Å². The maximum Gasteiger partial charge on any atom is 0.155 e. The van der Waals surface area contributed by atoms with Crippen LogP contribution in [0.4, 0.5) is 0 Å². The maximum absolute atomic E-state index is 4.40. The summed E-state index contributed by atoms with van der Waals surface area (Å²) in [4.78, 5) is 8.53. The second-order valence-electron chi connectivity index (χ2n) is 3.66. The molecule has 0 N–H and O–H groups in total. The van der Waals surface area contributed by atoms with E-state index in [0.29, 0.717) is 5.92 Å². The van der Waals surface area contributed by atoms with E-state index in [1.54, 1.807) is 17.2 Å². The Bertz CT molecular complexity index is 472. The molecule has 0 unspecified atom stereocenters. The lowest BCUT2D eigenvalue weighted by molar-refractivity contribution is 0.811. The smallest absolute Gasteiger partial charge is 0.155 e. The monoisotopic (exact) mass is 264 g/mol. The first-order valence-corrected chi connectivity index (χ1v) is 5.66. The van der Waals surface area contributed by atoms with E-state index in [9.17, 15) is 0 Å². The highest BCUT2D eigenvalue weighted by Gasteiger charge is 2.27. The topological polar surface area (TPSA) is 43.6 Å². The Morgan fingerprint density at radius 1 is 1.27 bits per heavy atom. The molecule has 0 bridgehead atoms. The predicted octanol–water partition coefficient (Wildman–Crippen LogP) is 2.30. The molecular weight excluding hydrogens is 256 g/mol. The molecule has 2 aromatic heterocycles. The number of rotatable bonds is 2. The van der Waals surface area contributed by atoms with Gasteiger partial charge in [0.25, 0.3) is 0 Å². The average molecular weight is 265 g/mol. The fourth-order valence-electron chi connectivity index (χ4n) is 1.42. The molecule has 2 aromatic rings. The second-order valence-corrected chi connectivity index (χ2v) is 4.57. The van der Waals surface area contributed by atoms with Crippen LogP contribution >= 0.6 is 15.9 Å². The van der Waals surface area contributed by atoms with Crippen LogP contribution in [-0.2, 0) is 0 Å². The Labute approximate surface area is 95.5 Å². The molecule has 0 saturated heterocycles. The minimum Gasteiger partial charge on any atom is -0.236 e. The molecule has 1 aliphatic rings. The van der Waals surface area contributed by atoms with Crippen LogP contribution in [0.3, 0.4) is 0 Å². The van der Waals surface area contributed by atoms with Gasteiger partial charge in [0, 0.05) is 16.6 Å². The minimum absolute atomic E-state index is 0.585. The Morgan fingerprint density at radius 2 is 2.13 bits per heavy atom. The molecule has 2 heterocycles. The molecule has 1 fully saturated rings. The van der Waals surface area contributed by atoms with Gasteiger partial charge in [-0.15, -0.1) is 5.10 Å². The van der Waals surface area contributed by atoms with Crippen LogP contribution in [0.25, 0.3) is 5.82 Å². The van der Waals surface area contributed by atoms with E-state index in [0.717, 1.165) is 16.1 Å². The van der Waals surface area contributed by atoms with Crippen molar-refractivity contribution in [3.63, 3.8) is 0 Å². The van der Waals surface area contributed by atoms with Crippen molar-refractivity contribution < 1.29 is 0 Å². The molecule has 0 atom stereocenters. The first-order valence-electron chi connectivity index (χ1n) is 4.86. The van der Waals surface area contributed by atoms with E-state index < -0.39 is 0 Å². The van der Waals surface area contributed by atoms with Gasteiger partial charge in [-0.05, 0) is 40.9 Å². The van der Waals surface area contributed by atoms with Gasteiger partial charge in [-0.2, -0.15) is 0 Å². The van der Waals surface area contributed by atoms with Crippen molar-refractivity contribution in [2.75, 3.05) is 0 Å². The molecule has 15 heavy (non-hydrogen) atoms. The van der Waals surface area contributed by atoms with Crippen molar-refractivity contribution in [1.29, 1.82) is 0 Å². The molecule has 0 spiro atoms. The number of pyridine rings is 1. The van der Waals surface area contributed by atoms with Crippen LogP contribution < -0.4 is 0 Å². The van der Waals surface area contributed by atoms with Gasteiger partial charge in [0.1, 0.15) is 6.33 Å². The van der Waals surface area contributed by atoms with Crippen LogP contribution in [0.15, 0.2) is 29.1 Å². The summed E-state index contributed by atoms with van der Waals surface area (Å²) in [6, 6.07) is 3.86. The highest BCUT2D eigenvalue weighted by atomic mass is 79.9. The van der Waals surface area contributed by atoms with Crippen molar-refractivity contribution in [2.24, 2.45) is 0 Å². The van der Waals surface area contributed by atoms with Crippen molar-refractivity contribution >= 4 is 15.9 Å². The first kappa shape index (κ1) is 9.03. The summed E-state index contributed by atoms with van der Waals surface area (Å²) < 4.78 is 2.69. The number of hydrogen-bond acceptors (Lipinski definition) is 3. The lowest BCUT2D eigenvalue weighted by Crippen LogP contribution is -1.98. The van der Waals surface area contributed by atoms with Crippen molar-refractivity contribution in [3.05, 3.63) is 35.0 Å². The minimum atomic E-state index is 0.585. The van der Waals surface area contributed by atoms with Crippen LogP contribution in [0.2, 0.25) is 0 Å². The van der Waals surface area contributed by atoms with E-state index >= 15 is 0 Å². The third-order valence-corrected chi connectivity index (χ3v) is 2.87. The third-order valence-electron chi connectivity index (χ3n) is 2.40. The van der Waals surface area contributed by atoms with Gasteiger partial charge >= 0.3 is 0 Å². The Balaban J connectivity index is 1.93. The highest BCUT2D eigenvalue weighted by Crippen LogP contribution is 2.37. The summed E-state index contributed by atoms with van der Waals surface area (Å²) in [6.45, 7) is 0. The molecule has 3 rings (SSSR count). The number of halogens is 1. The van der Waals surface area contributed by atoms with Gasteiger partial charge < -0.3 is 0 Å². The van der Waals surface area contributed by atoms with Crippen molar-refractivity contribution in [1.82, 2.24) is 19.7 Å². The molecule has 0 aliphatic heterocycles. The molecule has 1 aliphatic carbocycles. The normalized spacial score (nSPS) is 15.5. The maximum atomic E-state index is 4.40. The quantitative estimate of drug-likeness (QED) is 0.836. The summed E-state index contributed by atoms with van der Waals surface area (Å²) in [7, 11) is 0. The molecule has 0 radical (unpaired) electrons. The summed E-state index contributed by atoms with van der Waals surface area (Å²) in [5.41, 5.74) is 0. The fraction of sp³-hybridized carbons (Fsp3) is 0.300. The zero-order valence-corrected chi connectivity index (χ0v) is 9.55. The van der Waals surface area contributed by atoms with Gasteiger partial charge in [0.15, 0.2) is 11.6 Å². The Kier molecular flexibility index (Phi) is 2.05. The molecule has 76 valence electrons. The lowest BCUT2D eigenvalue weighted by atomic mass is 10.4. The third kappa shape index (κ3) is 1.79.